The van der Waals surface area contributed by atoms with Gasteiger partial charge in [0.2, 0.25) is 0 Å². The zero-order chi connectivity index (χ0) is 11.0. The van der Waals surface area contributed by atoms with Gasteiger partial charge in [-0.2, -0.15) is 5.10 Å². The Bertz CT molecular complexity index is 517. The molecule has 0 fully saturated rings. The van der Waals surface area contributed by atoms with Crippen LogP contribution in [-0.2, 0) is 7.05 Å². The van der Waals surface area contributed by atoms with Gasteiger partial charge in [0.25, 0.3) is 5.82 Å². The van der Waals surface area contributed by atoms with Crippen molar-refractivity contribution in [2.45, 2.75) is 0 Å². The number of nitrogens with zero attached hydrogens (tertiary/aromatic N) is 5. The minimum Gasteiger partial charge on any atom is -0.266 e. The summed E-state index contributed by atoms with van der Waals surface area (Å²) >= 11 is 3.21. The van der Waals surface area contributed by atoms with E-state index in [1.165, 1.54) is 15.6 Å². The molecule has 15 heavy (non-hydrogen) atoms. The van der Waals surface area contributed by atoms with Gasteiger partial charge in [0.1, 0.15) is 6.20 Å². The van der Waals surface area contributed by atoms with Crippen LogP contribution in [0.2, 0.25) is 0 Å². The molecule has 0 aliphatic carbocycles. The highest BCUT2D eigenvalue weighted by Crippen LogP contribution is 2.21. The van der Waals surface area contributed by atoms with Crippen LogP contribution in [0.15, 0.2) is 23.1 Å². The van der Waals surface area contributed by atoms with Crippen molar-refractivity contribution in [1.29, 1.82) is 0 Å². The summed E-state index contributed by atoms with van der Waals surface area (Å²) in [5.41, 5.74) is -0.0758. The summed E-state index contributed by atoms with van der Waals surface area (Å²) in [5, 5.41) is 18.6. The van der Waals surface area contributed by atoms with Crippen LogP contribution in [0.1, 0.15) is 0 Å². The van der Waals surface area contributed by atoms with Crippen LogP contribution < -0.4 is 0 Å². The number of hydrogen-bond acceptors (Lipinski definition) is 4. The van der Waals surface area contributed by atoms with E-state index >= 15 is 0 Å². The van der Waals surface area contributed by atoms with E-state index in [1.807, 2.05) is 0 Å². The minimum absolute atomic E-state index is 0.0758. The third-order valence-corrected chi connectivity index (χ3v) is 2.16. The van der Waals surface area contributed by atoms with Crippen LogP contribution in [0.25, 0.3) is 5.82 Å². The second-order valence-corrected chi connectivity index (χ2v) is 3.79. The molecule has 2 heterocycles. The standard InChI is InChI=1S/C7H6BrN5O2/c1-11-4-6(13(14)15)7(10-11)12-3-5(8)2-9-12/h2-4H,1H3. The van der Waals surface area contributed by atoms with Gasteiger partial charge in [-0.05, 0) is 15.9 Å². The summed E-state index contributed by atoms with van der Waals surface area (Å²) in [7, 11) is 1.62. The molecule has 2 aromatic heterocycles. The van der Waals surface area contributed by atoms with Crippen LogP contribution in [0.5, 0.6) is 0 Å². The van der Waals surface area contributed by atoms with Gasteiger partial charge < -0.3 is 0 Å². The second kappa shape index (κ2) is 3.46. The van der Waals surface area contributed by atoms with E-state index in [-0.39, 0.29) is 11.5 Å². The van der Waals surface area contributed by atoms with E-state index in [2.05, 4.69) is 26.1 Å². The molecule has 0 saturated carbocycles. The normalized spacial score (nSPS) is 10.5. The largest absolute Gasteiger partial charge is 0.333 e. The van der Waals surface area contributed by atoms with Gasteiger partial charge in [-0.15, -0.1) is 5.10 Å². The van der Waals surface area contributed by atoms with E-state index < -0.39 is 4.92 Å². The number of aryl methyl sites for hydroxylation is 1. The zero-order valence-corrected chi connectivity index (χ0v) is 9.25. The number of hydrogen-bond donors (Lipinski definition) is 0. The molecule has 0 N–H and O–H groups in total. The molecular formula is C7H6BrN5O2. The first-order valence-corrected chi connectivity index (χ1v) is 4.76. The van der Waals surface area contributed by atoms with E-state index in [1.54, 1.807) is 19.4 Å². The lowest BCUT2D eigenvalue weighted by atomic mass is 10.5. The van der Waals surface area contributed by atoms with E-state index in [9.17, 15) is 10.1 Å². The fraction of sp³-hybridized carbons (Fsp3) is 0.143. The predicted molar refractivity (Wildman–Crippen MR) is 54.7 cm³/mol. The van der Waals surface area contributed by atoms with Crippen molar-refractivity contribution >= 4 is 21.6 Å². The predicted octanol–water partition coefficient (Wildman–Crippen LogP) is 1.28. The second-order valence-electron chi connectivity index (χ2n) is 2.87. The molecule has 7 nitrogen and oxygen atoms in total. The summed E-state index contributed by atoms with van der Waals surface area (Å²) in [4.78, 5) is 10.2. The Hall–Kier alpha value is -1.70. The van der Waals surface area contributed by atoms with Gasteiger partial charge in [-0.1, -0.05) is 0 Å². The van der Waals surface area contributed by atoms with E-state index in [0.29, 0.717) is 0 Å². The third-order valence-electron chi connectivity index (χ3n) is 1.76. The minimum atomic E-state index is -0.488. The van der Waals surface area contributed by atoms with Gasteiger partial charge in [-0.3, -0.25) is 14.8 Å². The zero-order valence-electron chi connectivity index (χ0n) is 7.66. The summed E-state index contributed by atoms with van der Waals surface area (Å²) in [6.07, 6.45) is 4.48. The first-order valence-electron chi connectivity index (χ1n) is 3.96. The molecule has 0 amide bonds. The first-order chi connectivity index (χ1) is 7.08. The van der Waals surface area contributed by atoms with Crippen LogP contribution >= 0.6 is 15.9 Å². The van der Waals surface area contributed by atoms with Crippen molar-refractivity contribution in [3.8, 4) is 5.82 Å². The molecule has 0 atom stereocenters. The molecule has 0 aliphatic rings. The number of halogens is 1. The highest BCUT2D eigenvalue weighted by atomic mass is 79.9. The Morgan fingerprint density at radius 2 is 2.27 bits per heavy atom. The van der Waals surface area contributed by atoms with Crippen LogP contribution in [0.4, 0.5) is 5.69 Å². The fourth-order valence-electron chi connectivity index (χ4n) is 1.17. The number of aromatic nitrogens is 4. The maximum Gasteiger partial charge on any atom is 0.333 e. The van der Waals surface area contributed by atoms with Crippen molar-refractivity contribution < 1.29 is 4.92 Å². The highest BCUT2D eigenvalue weighted by Gasteiger charge is 2.20. The summed E-state index contributed by atoms with van der Waals surface area (Å²) in [5.74, 6) is 0.202. The first kappa shape index (κ1) is 9.84. The molecule has 0 aliphatic heterocycles. The molecule has 0 bridgehead atoms. The monoisotopic (exact) mass is 271 g/mol. The van der Waals surface area contributed by atoms with Crippen molar-refractivity contribution in [1.82, 2.24) is 19.6 Å². The van der Waals surface area contributed by atoms with Crippen molar-refractivity contribution in [3.63, 3.8) is 0 Å². The molecule has 0 radical (unpaired) electrons. The molecule has 0 saturated heterocycles. The van der Waals surface area contributed by atoms with Gasteiger partial charge in [0.05, 0.1) is 15.6 Å². The Balaban J connectivity index is 2.56. The Morgan fingerprint density at radius 1 is 1.53 bits per heavy atom. The summed E-state index contributed by atoms with van der Waals surface area (Å²) in [6, 6.07) is 0. The van der Waals surface area contributed by atoms with E-state index in [4.69, 9.17) is 0 Å². The van der Waals surface area contributed by atoms with E-state index in [0.717, 1.165) is 4.47 Å². The smallest absolute Gasteiger partial charge is 0.266 e. The fourth-order valence-corrected chi connectivity index (χ4v) is 1.46. The lowest BCUT2D eigenvalue weighted by Crippen LogP contribution is -2.00. The molecule has 0 aromatic carbocycles. The lowest BCUT2D eigenvalue weighted by molar-refractivity contribution is -0.384. The Kier molecular flexibility index (Phi) is 2.27. The molecule has 2 rings (SSSR count). The molecule has 0 unspecified atom stereocenters. The topological polar surface area (TPSA) is 78.8 Å². The van der Waals surface area contributed by atoms with Crippen LogP contribution in [0, 0.1) is 10.1 Å². The lowest BCUT2D eigenvalue weighted by Gasteiger charge is -1.93. The highest BCUT2D eigenvalue weighted by molar-refractivity contribution is 9.10. The maximum atomic E-state index is 10.7. The molecule has 0 spiro atoms. The maximum absolute atomic E-state index is 10.7. The third kappa shape index (κ3) is 1.75. The van der Waals surface area contributed by atoms with Crippen molar-refractivity contribution in [2.24, 2.45) is 7.05 Å². The summed E-state index contributed by atoms with van der Waals surface area (Å²) in [6.45, 7) is 0. The molecule has 2 aromatic rings. The van der Waals surface area contributed by atoms with Crippen LogP contribution in [-0.4, -0.2) is 24.5 Å². The quantitative estimate of drug-likeness (QED) is 0.609. The summed E-state index contributed by atoms with van der Waals surface area (Å²) < 4.78 is 3.47. The van der Waals surface area contributed by atoms with Crippen molar-refractivity contribution in [3.05, 3.63) is 33.2 Å². The van der Waals surface area contributed by atoms with Crippen molar-refractivity contribution in [2.75, 3.05) is 0 Å². The van der Waals surface area contributed by atoms with Gasteiger partial charge in [-0.25, -0.2) is 4.68 Å². The number of nitro groups is 1. The Labute approximate surface area is 92.6 Å². The van der Waals surface area contributed by atoms with Gasteiger partial charge >= 0.3 is 5.69 Å². The van der Waals surface area contributed by atoms with Gasteiger partial charge in [0, 0.05) is 13.2 Å². The van der Waals surface area contributed by atoms with Crippen LogP contribution in [0.3, 0.4) is 0 Å². The molecular weight excluding hydrogens is 266 g/mol. The number of rotatable bonds is 2. The average molecular weight is 272 g/mol. The van der Waals surface area contributed by atoms with Gasteiger partial charge in [0.15, 0.2) is 0 Å². The average Bonchev–Trinajstić information content (AvgIpc) is 2.71. The SMILES string of the molecule is Cn1cc([N+](=O)[O-])c(-n2cc(Br)cn2)n1. The molecule has 8 heteroatoms. The molecule has 78 valence electrons. The Morgan fingerprint density at radius 3 is 2.80 bits per heavy atom.